The van der Waals surface area contributed by atoms with Gasteiger partial charge in [0, 0.05) is 12.1 Å². The minimum absolute atomic E-state index is 0.0506. The number of aromatic nitrogens is 2. The van der Waals surface area contributed by atoms with Crippen molar-refractivity contribution in [2.45, 2.75) is 49.4 Å². The number of ether oxygens (including phenoxy) is 1. The lowest BCUT2D eigenvalue weighted by atomic mass is 10.0. The van der Waals surface area contributed by atoms with Crippen molar-refractivity contribution in [1.82, 2.24) is 15.3 Å². The van der Waals surface area contributed by atoms with Crippen LogP contribution in [0.2, 0.25) is 5.02 Å². The summed E-state index contributed by atoms with van der Waals surface area (Å²) < 4.78 is 72.9. The SMILES string of the molecule is N#Cc1ccc(Nc2ncnc(OC3CC4CCC(C3)N4)c2OS(=O)(=O)C(F)(F)F)c(Cl)c1. The summed E-state index contributed by atoms with van der Waals surface area (Å²) in [4.78, 5) is 7.66. The number of fused-ring (bicyclic) bond motifs is 2. The zero-order valence-corrected chi connectivity index (χ0v) is 18.3. The van der Waals surface area contributed by atoms with E-state index >= 15 is 0 Å². The van der Waals surface area contributed by atoms with Crippen LogP contribution in [-0.4, -0.2) is 42.1 Å². The second-order valence-corrected chi connectivity index (χ2v) is 9.57. The third kappa shape index (κ3) is 5.07. The van der Waals surface area contributed by atoms with Gasteiger partial charge in [0.05, 0.1) is 22.3 Å². The molecule has 2 aliphatic rings. The molecule has 0 spiro atoms. The molecule has 2 atom stereocenters. The Labute approximate surface area is 192 Å². The Balaban J connectivity index is 1.69. The molecule has 2 unspecified atom stereocenters. The van der Waals surface area contributed by atoms with Gasteiger partial charge in [-0.25, -0.2) is 4.98 Å². The maximum atomic E-state index is 13.1. The summed E-state index contributed by atoms with van der Waals surface area (Å²) in [7, 11) is -6.05. The molecule has 0 amide bonds. The molecule has 2 bridgehead atoms. The van der Waals surface area contributed by atoms with Crippen LogP contribution >= 0.6 is 11.6 Å². The molecule has 1 aromatic heterocycles. The van der Waals surface area contributed by atoms with Crippen LogP contribution in [0.1, 0.15) is 31.2 Å². The van der Waals surface area contributed by atoms with Crippen molar-refractivity contribution in [3.05, 3.63) is 35.1 Å². The molecule has 33 heavy (non-hydrogen) atoms. The van der Waals surface area contributed by atoms with Gasteiger partial charge in [-0.2, -0.15) is 31.8 Å². The second kappa shape index (κ2) is 8.85. The standard InChI is InChI=1S/C19H17ClF3N5O4S/c20-14-5-10(8-24)1-4-15(14)28-17-16(32-33(29,30)19(21,22)23)18(26-9-25-17)31-13-6-11-2-3-12(7-13)27-11/h1,4-5,9,11-13,27H,2-3,6-7H2,(H,25,26,28). The molecule has 2 N–H and O–H groups in total. The van der Waals surface area contributed by atoms with E-state index < -0.39 is 39.2 Å². The molecule has 176 valence electrons. The summed E-state index contributed by atoms with van der Waals surface area (Å²) >= 11 is 6.12. The highest BCUT2D eigenvalue weighted by Crippen LogP contribution is 2.40. The summed E-state index contributed by atoms with van der Waals surface area (Å²) in [6.45, 7) is 0. The third-order valence-corrected chi connectivity index (χ3v) is 6.57. The Morgan fingerprint density at radius 1 is 1.21 bits per heavy atom. The number of halogens is 4. The molecule has 2 aromatic rings. The van der Waals surface area contributed by atoms with E-state index in [1.165, 1.54) is 18.2 Å². The molecular weight excluding hydrogens is 487 g/mol. The monoisotopic (exact) mass is 503 g/mol. The van der Waals surface area contributed by atoms with E-state index in [0.29, 0.717) is 12.8 Å². The van der Waals surface area contributed by atoms with Crippen LogP contribution in [0.5, 0.6) is 11.6 Å². The Kier molecular flexibility index (Phi) is 6.26. The average molecular weight is 504 g/mol. The van der Waals surface area contributed by atoms with E-state index in [-0.39, 0.29) is 28.4 Å². The van der Waals surface area contributed by atoms with E-state index in [1.807, 2.05) is 6.07 Å². The number of alkyl halides is 3. The number of hydrogen-bond donors (Lipinski definition) is 2. The van der Waals surface area contributed by atoms with Crippen LogP contribution in [0.4, 0.5) is 24.7 Å². The number of piperidine rings is 1. The van der Waals surface area contributed by atoms with Crippen LogP contribution in [0.25, 0.3) is 0 Å². The summed E-state index contributed by atoms with van der Waals surface area (Å²) in [6.07, 6.45) is 3.65. The van der Waals surface area contributed by atoms with Gasteiger partial charge >= 0.3 is 15.6 Å². The van der Waals surface area contributed by atoms with Gasteiger partial charge in [-0.15, -0.1) is 0 Å². The topological polar surface area (TPSA) is 126 Å². The summed E-state index contributed by atoms with van der Waals surface area (Å²) in [5.41, 5.74) is -5.29. The van der Waals surface area contributed by atoms with Gasteiger partial charge in [0.1, 0.15) is 12.4 Å². The molecule has 9 nitrogen and oxygen atoms in total. The number of anilines is 2. The van der Waals surface area contributed by atoms with E-state index in [2.05, 4.69) is 24.8 Å². The quantitative estimate of drug-likeness (QED) is 0.448. The van der Waals surface area contributed by atoms with E-state index in [0.717, 1.165) is 19.2 Å². The molecule has 3 heterocycles. The lowest BCUT2D eigenvalue weighted by molar-refractivity contribution is -0.0500. The number of nitriles is 1. The summed E-state index contributed by atoms with van der Waals surface area (Å²) in [6, 6.07) is 6.41. The Hall–Kier alpha value is -2.82. The van der Waals surface area contributed by atoms with Crippen molar-refractivity contribution in [2.75, 3.05) is 5.32 Å². The van der Waals surface area contributed by atoms with E-state index in [9.17, 15) is 21.6 Å². The molecule has 2 aliphatic heterocycles. The summed E-state index contributed by atoms with van der Waals surface area (Å²) in [5.74, 6) is -1.70. The van der Waals surface area contributed by atoms with Crippen molar-refractivity contribution in [3.8, 4) is 17.7 Å². The molecule has 2 fully saturated rings. The molecule has 0 aliphatic carbocycles. The number of benzene rings is 1. The molecule has 0 saturated carbocycles. The Morgan fingerprint density at radius 3 is 2.52 bits per heavy atom. The maximum Gasteiger partial charge on any atom is 0.534 e. The minimum Gasteiger partial charge on any atom is -0.471 e. The van der Waals surface area contributed by atoms with Crippen LogP contribution < -0.4 is 19.6 Å². The van der Waals surface area contributed by atoms with E-state index in [4.69, 9.17) is 21.6 Å². The van der Waals surface area contributed by atoms with Crippen LogP contribution in [0.15, 0.2) is 24.5 Å². The highest BCUT2D eigenvalue weighted by atomic mass is 35.5. The summed E-state index contributed by atoms with van der Waals surface area (Å²) in [5, 5.41) is 15.0. The molecule has 4 rings (SSSR count). The highest BCUT2D eigenvalue weighted by molar-refractivity contribution is 7.88. The predicted octanol–water partition coefficient (Wildman–Crippen LogP) is 3.64. The normalized spacial score (nSPS) is 22.5. The number of rotatable bonds is 6. The first-order valence-corrected chi connectivity index (χ1v) is 11.6. The maximum absolute atomic E-state index is 13.1. The molecule has 0 radical (unpaired) electrons. The first kappa shape index (κ1) is 23.3. The fraction of sp³-hybridized carbons (Fsp3) is 0.421. The zero-order valence-electron chi connectivity index (χ0n) is 16.8. The van der Waals surface area contributed by atoms with Gasteiger partial charge in [-0.1, -0.05) is 11.6 Å². The lowest BCUT2D eigenvalue weighted by Gasteiger charge is -2.29. The van der Waals surface area contributed by atoms with Crippen molar-refractivity contribution in [3.63, 3.8) is 0 Å². The van der Waals surface area contributed by atoms with Gasteiger partial charge in [0.25, 0.3) is 5.88 Å². The predicted molar refractivity (Wildman–Crippen MR) is 111 cm³/mol. The largest absolute Gasteiger partial charge is 0.534 e. The van der Waals surface area contributed by atoms with Gasteiger partial charge in [-0.3, -0.25) is 0 Å². The molecule has 2 saturated heterocycles. The van der Waals surface area contributed by atoms with E-state index in [1.54, 1.807) is 0 Å². The zero-order chi connectivity index (χ0) is 23.8. The van der Waals surface area contributed by atoms with Crippen LogP contribution in [0.3, 0.4) is 0 Å². The molecule has 1 aromatic carbocycles. The van der Waals surface area contributed by atoms with Crippen molar-refractivity contribution < 1.29 is 30.5 Å². The first-order chi connectivity index (χ1) is 15.6. The number of nitrogens with zero attached hydrogens (tertiary/aromatic N) is 3. The van der Waals surface area contributed by atoms with Crippen LogP contribution in [0, 0.1) is 11.3 Å². The smallest absolute Gasteiger partial charge is 0.471 e. The fourth-order valence-electron chi connectivity index (χ4n) is 3.84. The van der Waals surface area contributed by atoms with Crippen molar-refractivity contribution >= 4 is 33.2 Å². The number of nitrogens with one attached hydrogen (secondary N) is 2. The Morgan fingerprint density at radius 2 is 1.91 bits per heavy atom. The lowest BCUT2D eigenvalue weighted by Crippen LogP contribution is -2.42. The highest BCUT2D eigenvalue weighted by Gasteiger charge is 2.49. The second-order valence-electron chi connectivity index (χ2n) is 7.62. The average Bonchev–Trinajstić information content (AvgIpc) is 3.08. The fourth-order valence-corrected chi connectivity index (χ4v) is 4.53. The van der Waals surface area contributed by atoms with Gasteiger partial charge in [0.15, 0.2) is 5.82 Å². The van der Waals surface area contributed by atoms with Gasteiger partial charge in [-0.05, 0) is 43.9 Å². The third-order valence-electron chi connectivity index (χ3n) is 5.31. The molecule has 14 heteroatoms. The first-order valence-electron chi connectivity index (χ1n) is 9.81. The molecular formula is C19H17ClF3N5O4S. The minimum atomic E-state index is -6.05. The Bertz CT molecular complexity index is 1190. The van der Waals surface area contributed by atoms with Gasteiger partial charge in [0.2, 0.25) is 5.75 Å². The van der Waals surface area contributed by atoms with Crippen molar-refractivity contribution in [1.29, 1.82) is 5.26 Å². The van der Waals surface area contributed by atoms with Gasteiger partial charge < -0.3 is 19.6 Å². The van der Waals surface area contributed by atoms with Crippen molar-refractivity contribution in [2.24, 2.45) is 0 Å². The number of hydrogen-bond acceptors (Lipinski definition) is 9. The van der Waals surface area contributed by atoms with Crippen LogP contribution in [-0.2, 0) is 10.1 Å².